The van der Waals surface area contributed by atoms with Gasteiger partial charge in [-0.2, -0.15) is 8.78 Å². The second-order valence-corrected chi connectivity index (χ2v) is 6.20. The molecule has 3 rings (SSSR count). The summed E-state index contributed by atoms with van der Waals surface area (Å²) in [5, 5.41) is 4.57. The van der Waals surface area contributed by atoms with Gasteiger partial charge in [0, 0.05) is 17.1 Å². The van der Waals surface area contributed by atoms with Crippen molar-refractivity contribution in [3.63, 3.8) is 0 Å². The molecule has 23 heavy (non-hydrogen) atoms. The standard InChI is InChI=1S/C17H18F2N2OS/c18-17(19)23-11-14-6-5-13(22-14)10-20-8-7-12-9-21-16-4-2-1-3-15(12)16/h1-6,9,17,20-21H,7-8,10-11H2. The summed E-state index contributed by atoms with van der Waals surface area (Å²) < 4.78 is 29.8. The van der Waals surface area contributed by atoms with Crippen LogP contribution in [0.25, 0.3) is 10.9 Å². The van der Waals surface area contributed by atoms with Crippen LogP contribution < -0.4 is 5.32 Å². The highest BCUT2D eigenvalue weighted by atomic mass is 32.2. The zero-order valence-electron chi connectivity index (χ0n) is 12.5. The highest BCUT2D eigenvalue weighted by Crippen LogP contribution is 2.21. The van der Waals surface area contributed by atoms with Gasteiger partial charge >= 0.3 is 0 Å². The van der Waals surface area contributed by atoms with E-state index in [0.29, 0.717) is 24.1 Å². The molecular formula is C17H18F2N2OS. The third-order valence-electron chi connectivity index (χ3n) is 3.61. The van der Waals surface area contributed by atoms with Gasteiger partial charge in [-0.05, 0) is 36.7 Å². The number of benzene rings is 1. The minimum atomic E-state index is -2.36. The summed E-state index contributed by atoms with van der Waals surface area (Å²) in [5.74, 6) is -0.803. The average Bonchev–Trinajstić information content (AvgIpc) is 3.17. The third-order valence-corrected chi connectivity index (χ3v) is 4.32. The fourth-order valence-electron chi connectivity index (χ4n) is 2.51. The number of hydrogen-bond acceptors (Lipinski definition) is 3. The normalized spacial score (nSPS) is 11.6. The molecule has 0 spiro atoms. The SMILES string of the molecule is FC(F)SCc1ccc(CNCCc2c[nH]c3ccccc23)o1. The number of furan rings is 1. The van der Waals surface area contributed by atoms with Crippen LogP contribution in [0.5, 0.6) is 0 Å². The van der Waals surface area contributed by atoms with Crippen molar-refractivity contribution in [3.05, 3.63) is 59.7 Å². The van der Waals surface area contributed by atoms with Crippen LogP contribution in [0.1, 0.15) is 17.1 Å². The molecule has 3 aromatic rings. The summed E-state index contributed by atoms with van der Waals surface area (Å²) in [6.07, 6.45) is 2.96. The van der Waals surface area contributed by atoms with Crippen LogP contribution in [-0.2, 0) is 18.7 Å². The van der Waals surface area contributed by atoms with Crippen molar-refractivity contribution < 1.29 is 13.2 Å². The summed E-state index contributed by atoms with van der Waals surface area (Å²) in [7, 11) is 0. The molecule has 6 heteroatoms. The molecule has 0 atom stereocenters. The van der Waals surface area contributed by atoms with Gasteiger partial charge in [-0.25, -0.2) is 0 Å². The topological polar surface area (TPSA) is 41.0 Å². The minimum Gasteiger partial charge on any atom is -0.464 e. The molecule has 0 amide bonds. The van der Waals surface area contributed by atoms with Crippen LogP contribution in [0, 0.1) is 0 Å². The second kappa shape index (κ2) is 7.66. The quantitative estimate of drug-likeness (QED) is 0.593. The molecule has 0 saturated carbocycles. The second-order valence-electron chi connectivity index (χ2n) is 5.23. The van der Waals surface area contributed by atoms with Crippen LogP contribution in [0.15, 0.2) is 47.0 Å². The number of hydrogen-bond donors (Lipinski definition) is 2. The summed E-state index contributed by atoms with van der Waals surface area (Å²) in [6.45, 7) is 1.42. The Morgan fingerprint density at radius 1 is 1.13 bits per heavy atom. The van der Waals surface area contributed by atoms with E-state index in [1.54, 1.807) is 6.07 Å². The van der Waals surface area contributed by atoms with Gasteiger partial charge in [0.1, 0.15) is 11.5 Å². The van der Waals surface area contributed by atoms with Crippen molar-refractivity contribution in [1.29, 1.82) is 0 Å². The number of aromatic nitrogens is 1. The Kier molecular flexibility index (Phi) is 5.35. The molecule has 2 N–H and O–H groups in total. The molecule has 2 aromatic heterocycles. The van der Waals surface area contributed by atoms with Crippen molar-refractivity contribution in [2.45, 2.75) is 24.5 Å². The summed E-state index contributed by atoms with van der Waals surface area (Å²) in [6, 6.07) is 11.8. The first kappa shape index (κ1) is 16.1. The van der Waals surface area contributed by atoms with E-state index in [-0.39, 0.29) is 5.75 Å². The predicted octanol–water partition coefficient (Wildman–Crippen LogP) is 4.55. The Hall–Kier alpha value is -1.79. The van der Waals surface area contributed by atoms with Crippen LogP contribution in [0.4, 0.5) is 8.78 Å². The molecule has 1 aromatic carbocycles. The first-order valence-corrected chi connectivity index (χ1v) is 8.50. The van der Waals surface area contributed by atoms with E-state index in [1.807, 2.05) is 24.4 Å². The number of halogens is 2. The molecule has 0 radical (unpaired) electrons. The lowest BCUT2D eigenvalue weighted by Crippen LogP contribution is -2.16. The number of para-hydroxylation sites is 1. The van der Waals surface area contributed by atoms with Crippen molar-refractivity contribution in [2.75, 3.05) is 6.54 Å². The number of aromatic amines is 1. The zero-order chi connectivity index (χ0) is 16.1. The van der Waals surface area contributed by atoms with Gasteiger partial charge in [0.2, 0.25) is 0 Å². The van der Waals surface area contributed by atoms with Crippen LogP contribution in [0.2, 0.25) is 0 Å². The fraction of sp³-hybridized carbons (Fsp3) is 0.294. The Morgan fingerprint density at radius 3 is 2.83 bits per heavy atom. The highest BCUT2D eigenvalue weighted by Gasteiger charge is 2.07. The molecule has 122 valence electrons. The van der Waals surface area contributed by atoms with Crippen molar-refractivity contribution >= 4 is 22.7 Å². The van der Waals surface area contributed by atoms with Gasteiger partial charge in [-0.15, -0.1) is 0 Å². The first-order valence-electron chi connectivity index (χ1n) is 7.45. The number of alkyl halides is 2. The maximum atomic E-state index is 12.1. The molecule has 2 heterocycles. The molecule has 0 unspecified atom stereocenters. The number of rotatable bonds is 8. The predicted molar refractivity (Wildman–Crippen MR) is 89.7 cm³/mol. The molecule has 0 bridgehead atoms. The summed E-state index contributed by atoms with van der Waals surface area (Å²) >= 11 is 0.574. The van der Waals surface area contributed by atoms with E-state index < -0.39 is 5.76 Å². The monoisotopic (exact) mass is 336 g/mol. The molecule has 0 saturated heterocycles. The Bertz CT molecular complexity index is 754. The molecule has 0 aliphatic heterocycles. The lowest BCUT2D eigenvalue weighted by atomic mass is 10.1. The maximum Gasteiger partial charge on any atom is 0.284 e. The van der Waals surface area contributed by atoms with Crippen molar-refractivity contribution in [1.82, 2.24) is 10.3 Å². The van der Waals surface area contributed by atoms with E-state index in [1.165, 1.54) is 10.9 Å². The number of nitrogens with one attached hydrogen (secondary N) is 2. The number of fused-ring (bicyclic) bond motifs is 1. The number of H-pyrrole nitrogens is 1. The zero-order valence-corrected chi connectivity index (χ0v) is 13.3. The maximum absolute atomic E-state index is 12.1. The molecule has 0 fully saturated rings. The van der Waals surface area contributed by atoms with E-state index in [2.05, 4.69) is 22.4 Å². The van der Waals surface area contributed by atoms with Gasteiger partial charge in [-0.1, -0.05) is 30.0 Å². The average molecular weight is 336 g/mol. The summed E-state index contributed by atoms with van der Waals surface area (Å²) in [4.78, 5) is 3.26. The van der Waals surface area contributed by atoms with E-state index in [4.69, 9.17) is 4.42 Å². The molecule has 0 aliphatic rings. The molecular weight excluding hydrogens is 318 g/mol. The Labute approximate surface area is 137 Å². The van der Waals surface area contributed by atoms with Crippen molar-refractivity contribution in [3.8, 4) is 0 Å². The fourth-order valence-corrected chi connectivity index (χ4v) is 2.96. The van der Waals surface area contributed by atoms with Crippen LogP contribution in [-0.4, -0.2) is 17.3 Å². The summed E-state index contributed by atoms with van der Waals surface area (Å²) in [5.41, 5.74) is 2.43. The van der Waals surface area contributed by atoms with Gasteiger partial charge < -0.3 is 14.7 Å². The number of thioether (sulfide) groups is 1. The van der Waals surface area contributed by atoms with E-state index >= 15 is 0 Å². The smallest absolute Gasteiger partial charge is 0.284 e. The molecule has 0 aliphatic carbocycles. The molecule has 3 nitrogen and oxygen atoms in total. The van der Waals surface area contributed by atoms with E-state index in [0.717, 1.165) is 24.2 Å². The van der Waals surface area contributed by atoms with Gasteiger partial charge in [0.05, 0.1) is 12.3 Å². The van der Waals surface area contributed by atoms with Crippen LogP contribution in [0.3, 0.4) is 0 Å². The first-order chi connectivity index (χ1) is 11.2. The lowest BCUT2D eigenvalue weighted by molar-refractivity contribution is 0.251. The van der Waals surface area contributed by atoms with Gasteiger partial charge in [-0.3, -0.25) is 0 Å². The largest absolute Gasteiger partial charge is 0.464 e. The van der Waals surface area contributed by atoms with Crippen molar-refractivity contribution in [2.24, 2.45) is 0 Å². The highest BCUT2D eigenvalue weighted by molar-refractivity contribution is 7.98. The van der Waals surface area contributed by atoms with Gasteiger partial charge in [0.25, 0.3) is 5.76 Å². The third kappa shape index (κ3) is 4.36. The Morgan fingerprint density at radius 2 is 1.96 bits per heavy atom. The Balaban J connectivity index is 1.45. The van der Waals surface area contributed by atoms with Gasteiger partial charge in [0.15, 0.2) is 0 Å². The van der Waals surface area contributed by atoms with Crippen LogP contribution >= 0.6 is 11.8 Å². The minimum absolute atomic E-state index is 0.201. The lowest BCUT2D eigenvalue weighted by Gasteiger charge is -2.02. The van der Waals surface area contributed by atoms with E-state index in [9.17, 15) is 8.78 Å².